The summed E-state index contributed by atoms with van der Waals surface area (Å²) < 4.78 is 7.63. The topological polar surface area (TPSA) is 64.4 Å². The second-order valence-electron chi connectivity index (χ2n) is 5.31. The molecule has 2 aromatic rings. The van der Waals surface area contributed by atoms with E-state index < -0.39 is 5.97 Å². The average Bonchev–Trinajstić information content (AvgIpc) is 2.90. The van der Waals surface area contributed by atoms with Crippen molar-refractivity contribution in [2.45, 2.75) is 32.4 Å². The van der Waals surface area contributed by atoms with Crippen molar-refractivity contribution in [3.63, 3.8) is 0 Å². The van der Waals surface area contributed by atoms with Crippen molar-refractivity contribution in [2.75, 3.05) is 6.61 Å². The number of ether oxygens (including phenoxy) is 1. The van der Waals surface area contributed by atoms with Gasteiger partial charge in [-0.25, -0.2) is 9.48 Å². The Labute approximate surface area is 123 Å². The Bertz CT molecular complexity index is 640. The molecular weight excluding hydrogens is 268 g/mol. The number of carboxylic acid groups (broad SMARTS) is 1. The quantitative estimate of drug-likeness (QED) is 0.940. The molecule has 3 rings (SSSR count). The van der Waals surface area contributed by atoms with Crippen LogP contribution in [0.15, 0.2) is 30.5 Å². The van der Waals surface area contributed by atoms with Crippen molar-refractivity contribution < 1.29 is 14.6 Å². The van der Waals surface area contributed by atoms with Crippen molar-refractivity contribution in [3.05, 3.63) is 41.7 Å². The van der Waals surface area contributed by atoms with Crippen molar-refractivity contribution in [3.8, 4) is 11.1 Å². The summed E-state index contributed by atoms with van der Waals surface area (Å²) in [5.41, 5.74) is 3.20. The van der Waals surface area contributed by atoms with Gasteiger partial charge in [0.05, 0.1) is 11.3 Å². The zero-order valence-electron chi connectivity index (χ0n) is 12.0. The van der Waals surface area contributed by atoms with Gasteiger partial charge >= 0.3 is 5.97 Å². The van der Waals surface area contributed by atoms with Crippen LogP contribution in [0.4, 0.5) is 0 Å². The van der Waals surface area contributed by atoms with Gasteiger partial charge in [0.1, 0.15) is 6.23 Å². The van der Waals surface area contributed by atoms with Crippen LogP contribution in [0.2, 0.25) is 0 Å². The highest BCUT2D eigenvalue weighted by atomic mass is 16.5. The number of nitrogens with zero attached hydrogens (tertiary/aromatic N) is 2. The molecule has 1 unspecified atom stereocenters. The van der Waals surface area contributed by atoms with Crippen LogP contribution in [-0.2, 0) is 4.74 Å². The molecule has 21 heavy (non-hydrogen) atoms. The van der Waals surface area contributed by atoms with Crippen LogP contribution in [0.5, 0.6) is 0 Å². The number of carboxylic acids is 1. The third kappa shape index (κ3) is 2.83. The van der Waals surface area contributed by atoms with Crippen LogP contribution in [-0.4, -0.2) is 27.5 Å². The molecule has 1 atom stereocenters. The van der Waals surface area contributed by atoms with Gasteiger partial charge in [0.15, 0.2) is 0 Å². The number of aromatic carboxylic acids is 1. The zero-order chi connectivity index (χ0) is 14.8. The van der Waals surface area contributed by atoms with Gasteiger partial charge in [-0.3, -0.25) is 0 Å². The molecule has 0 saturated carbocycles. The summed E-state index contributed by atoms with van der Waals surface area (Å²) in [4.78, 5) is 10.9. The van der Waals surface area contributed by atoms with E-state index in [-0.39, 0.29) is 6.23 Å². The van der Waals surface area contributed by atoms with E-state index in [0.717, 1.165) is 42.7 Å². The summed E-state index contributed by atoms with van der Waals surface area (Å²) in [5, 5.41) is 13.5. The predicted molar refractivity (Wildman–Crippen MR) is 78.2 cm³/mol. The van der Waals surface area contributed by atoms with E-state index >= 15 is 0 Å². The summed E-state index contributed by atoms with van der Waals surface area (Å²) in [6.45, 7) is 2.74. The van der Waals surface area contributed by atoms with E-state index in [0.29, 0.717) is 5.56 Å². The molecule has 5 nitrogen and oxygen atoms in total. The van der Waals surface area contributed by atoms with Crippen molar-refractivity contribution in [1.82, 2.24) is 9.78 Å². The predicted octanol–water partition coefficient (Wildman–Crippen LogP) is 3.26. The highest BCUT2D eigenvalue weighted by Gasteiger charge is 2.18. The van der Waals surface area contributed by atoms with Gasteiger partial charge < -0.3 is 9.84 Å². The van der Waals surface area contributed by atoms with Crippen LogP contribution < -0.4 is 0 Å². The summed E-state index contributed by atoms with van der Waals surface area (Å²) in [6, 6.07) is 6.87. The van der Waals surface area contributed by atoms with Crippen LogP contribution >= 0.6 is 0 Å². The largest absolute Gasteiger partial charge is 0.478 e. The first-order valence-electron chi connectivity index (χ1n) is 7.16. The SMILES string of the molecule is Cc1nn(C2CCCCO2)cc1-c1ccc(C(=O)O)cc1. The average molecular weight is 286 g/mol. The Morgan fingerprint density at radius 2 is 2.10 bits per heavy atom. The standard InChI is InChI=1S/C16H18N2O3/c1-11-14(12-5-7-13(8-6-12)16(19)20)10-18(17-11)15-4-2-3-9-21-15/h5-8,10,15H,2-4,9H2,1H3,(H,19,20). The lowest BCUT2D eigenvalue weighted by Crippen LogP contribution is -2.18. The fraction of sp³-hybridized carbons (Fsp3) is 0.375. The Hall–Kier alpha value is -2.14. The number of aryl methyl sites for hydroxylation is 1. The Kier molecular flexibility index (Phi) is 3.75. The lowest BCUT2D eigenvalue weighted by molar-refractivity contribution is -0.0396. The molecule has 1 aliphatic heterocycles. The maximum Gasteiger partial charge on any atom is 0.335 e. The van der Waals surface area contributed by atoms with Gasteiger partial charge in [0.25, 0.3) is 0 Å². The zero-order valence-corrected chi connectivity index (χ0v) is 12.0. The van der Waals surface area contributed by atoms with E-state index in [1.807, 2.05) is 29.9 Å². The second-order valence-corrected chi connectivity index (χ2v) is 5.31. The molecule has 110 valence electrons. The first kappa shape index (κ1) is 13.8. The van der Waals surface area contributed by atoms with Crippen molar-refractivity contribution in [1.29, 1.82) is 0 Å². The minimum atomic E-state index is -0.912. The molecule has 2 heterocycles. The van der Waals surface area contributed by atoms with Gasteiger partial charge in [-0.2, -0.15) is 5.10 Å². The smallest absolute Gasteiger partial charge is 0.335 e. The summed E-state index contributed by atoms with van der Waals surface area (Å²) in [5.74, 6) is -0.912. The fourth-order valence-corrected chi connectivity index (χ4v) is 2.64. The molecule has 1 aliphatic rings. The molecule has 0 bridgehead atoms. The van der Waals surface area contributed by atoms with Crippen LogP contribution in [0.25, 0.3) is 11.1 Å². The van der Waals surface area contributed by atoms with E-state index in [9.17, 15) is 4.79 Å². The van der Waals surface area contributed by atoms with Gasteiger partial charge in [-0.1, -0.05) is 12.1 Å². The number of rotatable bonds is 3. The molecule has 0 aliphatic carbocycles. The van der Waals surface area contributed by atoms with E-state index in [4.69, 9.17) is 9.84 Å². The lowest BCUT2D eigenvalue weighted by atomic mass is 10.1. The highest BCUT2D eigenvalue weighted by Crippen LogP contribution is 2.27. The van der Waals surface area contributed by atoms with Crippen LogP contribution in [0, 0.1) is 6.92 Å². The molecule has 1 saturated heterocycles. The normalized spacial score (nSPS) is 18.6. The Morgan fingerprint density at radius 3 is 2.71 bits per heavy atom. The summed E-state index contributed by atoms with van der Waals surface area (Å²) in [6.07, 6.45) is 5.26. The Balaban J connectivity index is 1.88. The molecule has 1 N–H and O–H groups in total. The number of aromatic nitrogens is 2. The first-order valence-corrected chi connectivity index (χ1v) is 7.16. The molecule has 0 spiro atoms. The minimum absolute atomic E-state index is 0.0180. The minimum Gasteiger partial charge on any atom is -0.478 e. The Morgan fingerprint density at radius 1 is 1.33 bits per heavy atom. The van der Waals surface area contributed by atoms with Crippen molar-refractivity contribution >= 4 is 5.97 Å². The summed E-state index contributed by atoms with van der Waals surface area (Å²) in [7, 11) is 0. The lowest BCUT2D eigenvalue weighted by Gasteiger charge is -2.22. The third-order valence-corrected chi connectivity index (χ3v) is 3.81. The fourth-order valence-electron chi connectivity index (χ4n) is 2.64. The maximum absolute atomic E-state index is 10.9. The van der Waals surface area contributed by atoms with E-state index in [1.54, 1.807) is 12.1 Å². The molecule has 1 aromatic carbocycles. The van der Waals surface area contributed by atoms with Crippen LogP contribution in [0.1, 0.15) is 41.5 Å². The van der Waals surface area contributed by atoms with Crippen LogP contribution in [0.3, 0.4) is 0 Å². The number of hydrogen-bond acceptors (Lipinski definition) is 3. The van der Waals surface area contributed by atoms with Gasteiger partial charge in [0.2, 0.25) is 0 Å². The monoisotopic (exact) mass is 286 g/mol. The van der Waals surface area contributed by atoms with E-state index in [1.165, 1.54) is 0 Å². The van der Waals surface area contributed by atoms with Crippen molar-refractivity contribution in [2.24, 2.45) is 0 Å². The third-order valence-electron chi connectivity index (χ3n) is 3.81. The highest BCUT2D eigenvalue weighted by molar-refractivity contribution is 5.88. The molecule has 5 heteroatoms. The summed E-state index contributed by atoms with van der Waals surface area (Å²) >= 11 is 0. The molecule has 0 amide bonds. The number of hydrogen-bond donors (Lipinski definition) is 1. The van der Waals surface area contributed by atoms with Gasteiger partial charge in [-0.05, 0) is 43.9 Å². The maximum atomic E-state index is 10.9. The molecule has 0 radical (unpaired) electrons. The molecule has 1 aromatic heterocycles. The number of benzene rings is 1. The molecular formula is C16H18N2O3. The first-order chi connectivity index (χ1) is 10.1. The van der Waals surface area contributed by atoms with E-state index in [2.05, 4.69) is 5.10 Å². The van der Waals surface area contributed by atoms with Gasteiger partial charge in [0, 0.05) is 18.4 Å². The number of carbonyl (C=O) groups is 1. The molecule has 1 fully saturated rings. The van der Waals surface area contributed by atoms with Gasteiger partial charge in [-0.15, -0.1) is 0 Å². The second kappa shape index (κ2) is 5.69.